The van der Waals surface area contributed by atoms with E-state index in [1.807, 2.05) is 25.1 Å². The molecular formula is C14H15BrN4O. The smallest absolute Gasteiger partial charge is 0.259 e. The number of carbonyl (C=O) groups is 1. The summed E-state index contributed by atoms with van der Waals surface area (Å²) in [7, 11) is 0. The molecule has 0 saturated heterocycles. The number of H-pyrrole nitrogens is 1. The number of benzene rings is 1. The second kappa shape index (κ2) is 5.36. The van der Waals surface area contributed by atoms with Gasteiger partial charge >= 0.3 is 0 Å². The van der Waals surface area contributed by atoms with Crippen molar-refractivity contribution < 1.29 is 4.79 Å². The number of anilines is 1. The van der Waals surface area contributed by atoms with Crippen LogP contribution in [0.2, 0.25) is 0 Å². The fourth-order valence-corrected chi connectivity index (χ4v) is 2.92. The van der Waals surface area contributed by atoms with E-state index in [1.54, 1.807) is 0 Å². The third kappa shape index (κ3) is 2.47. The van der Waals surface area contributed by atoms with E-state index in [1.165, 1.54) is 6.42 Å². The van der Waals surface area contributed by atoms with Crippen LogP contribution < -0.4 is 5.32 Å². The SMILES string of the molecule is Cc1cccc(Br)c1C(=O)Nc1n[nH]c(C2CCC2)n1. The lowest BCUT2D eigenvalue weighted by atomic mass is 9.85. The number of hydrogen-bond donors (Lipinski definition) is 2. The maximum Gasteiger partial charge on any atom is 0.259 e. The van der Waals surface area contributed by atoms with Crippen LogP contribution in [0, 0.1) is 6.92 Å². The van der Waals surface area contributed by atoms with Crippen molar-refractivity contribution in [2.24, 2.45) is 0 Å². The zero-order valence-corrected chi connectivity index (χ0v) is 12.7. The van der Waals surface area contributed by atoms with E-state index in [0.717, 1.165) is 28.7 Å². The first-order valence-electron chi connectivity index (χ1n) is 6.64. The summed E-state index contributed by atoms with van der Waals surface area (Å²) in [4.78, 5) is 16.6. The first-order valence-corrected chi connectivity index (χ1v) is 7.43. The van der Waals surface area contributed by atoms with Gasteiger partial charge in [-0.25, -0.2) is 0 Å². The minimum absolute atomic E-state index is 0.200. The first-order chi connectivity index (χ1) is 9.65. The van der Waals surface area contributed by atoms with Crippen molar-refractivity contribution in [3.63, 3.8) is 0 Å². The van der Waals surface area contributed by atoms with Gasteiger partial charge in [0.25, 0.3) is 5.91 Å². The highest BCUT2D eigenvalue weighted by molar-refractivity contribution is 9.10. The van der Waals surface area contributed by atoms with Crippen LogP contribution in [0.15, 0.2) is 22.7 Å². The summed E-state index contributed by atoms with van der Waals surface area (Å²) < 4.78 is 0.768. The molecule has 0 spiro atoms. The van der Waals surface area contributed by atoms with Gasteiger partial charge in [0, 0.05) is 10.4 Å². The van der Waals surface area contributed by atoms with Crippen molar-refractivity contribution in [2.45, 2.75) is 32.1 Å². The molecule has 6 heteroatoms. The van der Waals surface area contributed by atoms with Gasteiger partial charge in [-0.1, -0.05) is 18.6 Å². The standard InChI is InChI=1S/C14H15BrN4O/c1-8-4-2-7-10(15)11(8)13(20)17-14-16-12(18-19-14)9-5-3-6-9/h2,4,7,9H,3,5-6H2,1H3,(H2,16,17,18,19,20). The Kier molecular flexibility index (Phi) is 3.56. The number of carbonyl (C=O) groups excluding carboxylic acids is 1. The quantitative estimate of drug-likeness (QED) is 0.903. The van der Waals surface area contributed by atoms with Gasteiger partial charge < -0.3 is 0 Å². The third-order valence-corrected chi connectivity index (χ3v) is 4.33. The van der Waals surface area contributed by atoms with Crippen molar-refractivity contribution in [3.05, 3.63) is 39.6 Å². The molecule has 20 heavy (non-hydrogen) atoms. The number of amides is 1. The summed E-state index contributed by atoms with van der Waals surface area (Å²) in [6, 6.07) is 5.65. The average molecular weight is 335 g/mol. The molecule has 0 aliphatic heterocycles. The molecule has 1 aromatic carbocycles. The van der Waals surface area contributed by atoms with Crippen LogP contribution in [0.1, 0.15) is 46.9 Å². The molecule has 2 aromatic rings. The zero-order valence-electron chi connectivity index (χ0n) is 11.1. The molecular weight excluding hydrogens is 320 g/mol. The van der Waals surface area contributed by atoms with E-state index in [2.05, 4.69) is 36.4 Å². The largest absolute Gasteiger partial charge is 0.289 e. The molecule has 1 amide bonds. The molecule has 1 aliphatic rings. The van der Waals surface area contributed by atoms with Crippen LogP contribution in [-0.2, 0) is 0 Å². The van der Waals surface area contributed by atoms with E-state index in [0.29, 0.717) is 17.4 Å². The lowest BCUT2D eigenvalue weighted by Gasteiger charge is -2.22. The van der Waals surface area contributed by atoms with Crippen LogP contribution in [0.5, 0.6) is 0 Å². The molecule has 1 aromatic heterocycles. The number of aromatic nitrogens is 3. The second-order valence-corrected chi connectivity index (χ2v) is 5.91. The number of nitrogens with zero attached hydrogens (tertiary/aromatic N) is 2. The summed E-state index contributed by atoms with van der Waals surface area (Å²) in [5.74, 6) is 1.48. The number of aromatic amines is 1. The van der Waals surface area contributed by atoms with Crippen LogP contribution >= 0.6 is 15.9 Å². The first kappa shape index (κ1) is 13.3. The number of nitrogens with one attached hydrogen (secondary N) is 2. The molecule has 3 rings (SSSR count). The normalized spacial score (nSPS) is 14.9. The Morgan fingerprint density at radius 3 is 2.90 bits per heavy atom. The van der Waals surface area contributed by atoms with Gasteiger partial charge in [0.05, 0.1) is 5.56 Å². The highest BCUT2D eigenvalue weighted by atomic mass is 79.9. The minimum Gasteiger partial charge on any atom is -0.289 e. The molecule has 5 nitrogen and oxygen atoms in total. The Morgan fingerprint density at radius 2 is 2.25 bits per heavy atom. The Bertz CT molecular complexity index is 628. The molecule has 1 aliphatic carbocycles. The van der Waals surface area contributed by atoms with E-state index in [9.17, 15) is 4.79 Å². The molecule has 104 valence electrons. The molecule has 0 radical (unpaired) electrons. The summed E-state index contributed by atoms with van der Waals surface area (Å²) in [5, 5.41) is 9.71. The Labute approximate surface area is 125 Å². The second-order valence-electron chi connectivity index (χ2n) is 5.06. The number of halogens is 1. The van der Waals surface area contributed by atoms with Crippen LogP contribution in [0.4, 0.5) is 5.95 Å². The summed E-state index contributed by atoms with van der Waals surface area (Å²) in [5.41, 5.74) is 1.52. The molecule has 0 bridgehead atoms. The fourth-order valence-electron chi connectivity index (χ4n) is 2.28. The van der Waals surface area contributed by atoms with Gasteiger partial charge in [-0.05, 0) is 47.3 Å². The lowest BCUT2D eigenvalue weighted by molar-refractivity contribution is 0.102. The molecule has 0 atom stereocenters. The number of aryl methyl sites for hydroxylation is 1. The summed E-state index contributed by atoms with van der Waals surface area (Å²) >= 11 is 3.40. The van der Waals surface area contributed by atoms with Crippen molar-refractivity contribution in [3.8, 4) is 0 Å². The van der Waals surface area contributed by atoms with Gasteiger partial charge in [0.1, 0.15) is 5.82 Å². The number of hydrogen-bond acceptors (Lipinski definition) is 3. The maximum atomic E-state index is 12.3. The molecule has 1 heterocycles. The van der Waals surface area contributed by atoms with E-state index in [4.69, 9.17) is 0 Å². The van der Waals surface area contributed by atoms with E-state index >= 15 is 0 Å². The Balaban J connectivity index is 1.77. The Hall–Kier alpha value is -1.69. The fraction of sp³-hybridized carbons (Fsp3) is 0.357. The van der Waals surface area contributed by atoms with Crippen LogP contribution in [0.25, 0.3) is 0 Å². The average Bonchev–Trinajstić information content (AvgIpc) is 2.74. The van der Waals surface area contributed by atoms with Crippen molar-refractivity contribution in [1.82, 2.24) is 15.2 Å². The highest BCUT2D eigenvalue weighted by Gasteiger charge is 2.23. The predicted octanol–water partition coefficient (Wildman–Crippen LogP) is 3.40. The van der Waals surface area contributed by atoms with Crippen LogP contribution in [0.3, 0.4) is 0 Å². The lowest BCUT2D eigenvalue weighted by Crippen LogP contribution is -2.15. The monoisotopic (exact) mass is 334 g/mol. The van der Waals surface area contributed by atoms with Crippen molar-refractivity contribution >= 4 is 27.8 Å². The van der Waals surface area contributed by atoms with Gasteiger partial charge in [0.15, 0.2) is 0 Å². The minimum atomic E-state index is -0.200. The Morgan fingerprint density at radius 1 is 1.45 bits per heavy atom. The molecule has 0 unspecified atom stereocenters. The van der Waals surface area contributed by atoms with Crippen LogP contribution in [-0.4, -0.2) is 21.1 Å². The predicted molar refractivity (Wildman–Crippen MR) is 79.8 cm³/mol. The van der Waals surface area contributed by atoms with Gasteiger partial charge in [-0.2, -0.15) is 4.98 Å². The number of rotatable bonds is 3. The third-order valence-electron chi connectivity index (χ3n) is 3.67. The molecule has 2 N–H and O–H groups in total. The zero-order chi connectivity index (χ0) is 14.1. The van der Waals surface area contributed by atoms with Gasteiger partial charge in [0.2, 0.25) is 5.95 Å². The summed E-state index contributed by atoms with van der Waals surface area (Å²) in [6.07, 6.45) is 3.53. The maximum absolute atomic E-state index is 12.3. The van der Waals surface area contributed by atoms with Crippen molar-refractivity contribution in [1.29, 1.82) is 0 Å². The molecule has 1 fully saturated rings. The summed E-state index contributed by atoms with van der Waals surface area (Å²) in [6.45, 7) is 1.90. The van der Waals surface area contributed by atoms with Crippen molar-refractivity contribution in [2.75, 3.05) is 5.32 Å². The topological polar surface area (TPSA) is 70.7 Å². The van der Waals surface area contributed by atoms with E-state index in [-0.39, 0.29) is 5.91 Å². The van der Waals surface area contributed by atoms with Gasteiger partial charge in [-0.3, -0.25) is 15.2 Å². The molecule has 1 saturated carbocycles. The van der Waals surface area contributed by atoms with Gasteiger partial charge in [-0.15, -0.1) is 5.10 Å². The van der Waals surface area contributed by atoms with E-state index < -0.39 is 0 Å². The highest BCUT2D eigenvalue weighted by Crippen LogP contribution is 2.34.